The molecule has 74 valence electrons. The van der Waals surface area contributed by atoms with Crippen LogP contribution in [-0.4, -0.2) is 21.3 Å². The van der Waals surface area contributed by atoms with Gasteiger partial charge in [-0.2, -0.15) is 0 Å². The Labute approximate surface area is 79.2 Å². The second kappa shape index (κ2) is 4.37. The summed E-state index contributed by atoms with van der Waals surface area (Å²) in [4.78, 5) is 0. The lowest BCUT2D eigenvalue weighted by molar-refractivity contribution is 0.565. The van der Waals surface area contributed by atoms with Crippen molar-refractivity contribution in [2.24, 2.45) is 12.8 Å². The van der Waals surface area contributed by atoms with E-state index in [0.717, 1.165) is 24.5 Å². The fourth-order valence-corrected chi connectivity index (χ4v) is 1.48. The number of aryl methyl sites for hydroxylation is 1. The van der Waals surface area contributed by atoms with Crippen molar-refractivity contribution in [3.63, 3.8) is 0 Å². The second-order valence-corrected chi connectivity index (χ2v) is 3.39. The molecule has 1 rings (SSSR count). The lowest BCUT2D eigenvalue weighted by Crippen LogP contribution is -2.16. The smallest absolute Gasteiger partial charge is 0.137 e. The molecule has 4 heteroatoms. The molecule has 0 spiro atoms. The number of rotatable bonds is 4. The number of hydrogen-bond donors (Lipinski definition) is 1. The lowest BCUT2D eigenvalue weighted by atomic mass is 10.0. The summed E-state index contributed by atoms with van der Waals surface area (Å²) in [5.41, 5.74) is 5.69. The van der Waals surface area contributed by atoms with Gasteiger partial charge in [0.05, 0.1) is 0 Å². The van der Waals surface area contributed by atoms with E-state index in [9.17, 15) is 0 Å². The van der Waals surface area contributed by atoms with E-state index in [-0.39, 0.29) is 0 Å². The molecule has 2 N–H and O–H groups in total. The van der Waals surface area contributed by atoms with Gasteiger partial charge in [-0.05, 0) is 13.3 Å². The van der Waals surface area contributed by atoms with Crippen molar-refractivity contribution >= 4 is 0 Å². The van der Waals surface area contributed by atoms with E-state index in [0.29, 0.717) is 12.5 Å². The van der Waals surface area contributed by atoms with E-state index in [1.165, 1.54) is 0 Å². The summed E-state index contributed by atoms with van der Waals surface area (Å²) in [6.45, 7) is 4.77. The van der Waals surface area contributed by atoms with Crippen LogP contribution in [0.25, 0.3) is 0 Å². The first kappa shape index (κ1) is 10.2. The van der Waals surface area contributed by atoms with Crippen LogP contribution in [-0.2, 0) is 7.05 Å². The molecular weight excluding hydrogens is 164 g/mol. The maximum atomic E-state index is 5.69. The molecule has 0 aliphatic carbocycles. The zero-order chi connectivity index (χ0) is 9.84. The third kappa shape index (κ3) is 2.06. The molecule has 1 aromatic heterocycles. The molecule has 0 aromatic carbocycles. The van der Waals surface area contributed by atoms with Crippen LogP contribution in [0.4, 0.5) is 0 Å². The fourth-order valence-electron chi connectivity index (χ4n) is 1.48. The zero-order valence-corrected chi connectivity index (χ0v) is 8.62. The summed E-state index contributed by atoms with van der Waals surface area (Å²) in [5.74, 6) is 2.32. The van der Waals surface area contributed by atoms with Crippen molar-refractivity contribution in [1.82, 2.24) is 14.8 Å². The molecule has 1 aromatic rings. The predicted molar refractivity (Wildman–Crippen MR) is 52.4 cm³/mol. The van der Waals surface area contributed by atoms with Gasteiger partial charge >= 0.3 is 0 Å². The highest BCUT2D eigenvalue weighted by molar-refractivity contribution is 5.00. The van der Waals surface area contributed by atoms with Crippen molar-refractivity contribution in [3.05, 3.63) is 11.6 Å². The van der Waals surface area contributed by atoms with Crippen molar-refractivity contribution in [2.45, 2.75) is 32.6 Å². The van der Waals surface area contributed by atoms with Gasteiger partial charge in [0.15, 0.2) is 0 Å². The molecule has 0 saturated heterocycles. The van der Waals surface area contributed by atoms with E-state index >= 15 is 0 Å². The average Bonchev–Trinajstić information content (AvgIpc) is 2.45. The first-order valence-corrected chi connectivity index (χ1v) is 4.76. The van der Waals surface area contributed by atoms with Crippen LogP contribution in [0.5, 0.6) is 0 Å². The van der Waals surface area contributed by atoms with Crippen LogP contribution in [0.3, 0.4) is 0 Å². The Bertz CT molecular complexity index is 267. The monoisotopic (exact) mass is 182 g/mol. The van der Waals surface area contributed by atoms with Crippen molar-refractivity contribution < 1.29 is 0 Å². The highest BCUT2D eigenvalue weighted by atomic mass is 15.3. The molecule has 4 nitrogen and oxygen atoms in total. The van der Waals surface area contributed by atoms with Crippen LogP contribution in [0, 0.1) is 6.92 Å². The highest BCUT2D eigenvalue weighted by Crippen LogP contribution is 2.17. The van der Waals surface area contributed by atoms with Gasteiger partial charge in [0, 0.05) is 19.5 Å². The van der Waals surface area contributed by atoms with Crippen LogP contribution in [0.2, 0.25) is 0 Å². The summed E-state index contributed by atoms with van der Waals surface area (Å²) in [5, 5.41) is 8.16. The third-order valence-corrected chi connectivity index (χ3v) is 2.41. The van der Waals surface area contributed by atoms with E-state index in [1.54, 1.807) is 0 Å². The minimum atomic E-state index is 0.358. The number of nitrogens with zero attached hydrogens (tertiary/aromatic N) is 3. The normalized spacial score (nSPS) is 13.2. The van der Waals surface area contributed by atoms with Crippen LogP contribution >= 0.6 is 0 Å². The van der Waals surface area contributed by atoms with Gasteiger partial charge in [-0.25, -0.2) is 0 Å². The predicted octanol–water partition coefficient (Wildman–Crippen LogP) is 0.966. The SMILES string of the molecule is CCCC(CN)c1nnc(C)n1C. The minimum Gasteiger partial charge on any atom is -0.330 e. The molecule has 0 amide bonds. The minimum absolute atomic E-state index is 0.358. The molecule has 0 bridgehead atoms. The van der Waals surface area contributed by atoms with Crippen molar-refractivity contribution in [2.75, 3.05) is 6.54 Å². The van der Waals surface area contributed by atoms with E-state index in [4.69, 9.17) is 5.73 Å². The Kier molecular flexibility index (Phi) is 3.42. The molecule has 0 radical (unpaired) electrons. The molecule has 0 saturated carbocycles. The van der Waals surface area contributed by atoms with Crippen LogP contribution in [0.1, 0.15) is 37.3 Å². The van der Waals surface area contributed by atoms with Crippen molar-refractivity contribution in [1.29, 1.82) is 0 Å². The molecule has 1 heterocycles. The maximum absolute atomic E-state index is 5.69. The summed E-state index contributed by atoms with van der Waals surface area (Å²) in [7, 11) is 1.99. The Morgan fingerprint density at radius 3 is 2.54 bits per heavy atom. The Hall–Kier alpha value is -0.900. The van der Waals surface area contributed by atoms with Gasteiger partial charge in [-0.3, -0.25) is 0 Å². The van der Waals surface area contributed by atoms with Crippen LogP contribution < -0.4 is 5.73 Å². The number of hydrogen-bond acceptors (Lipinski definition) is 3. The first-order chi connectivity index (χ1) is 6.20. The maximum Gasteiger partial charge on any atom is 0.137 e. The zero-order valence-electron chi connectivity index (χ0n) is 8.62. The topological polar surface area (TPSA) is 56.7 Å². The molecule has 0 aliphatic rings. The van der Waals surface area contributed by atoms with Crippen molar-refractivity contribution in [3.8, 4) is 0 Å². The van der Waals surface area contributed by atoms with Gasteiger partial charge in [0.1, 0.15) is 11.6 Å². The molecular formula is C9H18N4. The summed E-state index contributed by atoms with van der Waals surface area (Å²) < 4.78 is 2.02. The molecule has 13 heavy (non-hydrogen) atoms. The standard InChI is InChI=1S/C9H18N4/c1-4-5-8(6-10)9-12-11-7(2)13(9)3/h8H,4-6,10H2,1-3H3. The van der Waals surface area contributed by atoms with Gasteiger partial charge in [0.25, 0.3) is 0 Å². The molecule has 1 atom stereocenters. The Morgan fingerprint density at radius 2 is 2.15 bits per heavy atom. The average molecular weight is 182 g/mol. The van der Waals surface area contributed by atoms with Gasteiger partial charge in [0.2, 0.25) is 0 Å². The largest absolute Gasteiger partial charge is 0.330 e. The Morgan fingerprint density at radius 1 is 1.46 bits per heavy atom. The Balaban J connectivity index is 2.84. The first-order valence-electron chi connectivity index (χ1n) is 4.76. The van der Waals surface area contributed by atoms with Crippen LogP contribution in [0.15, 0.2) is 0 Å². The van der Waals surface area contributed by atoms with E-state index < -0.39 is 0 Å². The number of nitrogens with two attached hydrogens (primary N) is 1. The van der Waals surface area contributed by atoms with Gasteiger partial charge < -0.3 is 10.3 Å². The molecule has 1 unspecified atom stereocenters. The summed E-state index contributed by atoms with van der Waals surface area (Å²) >= 11 is 0. The number of aromatic nitrogens is 3. The van der Waals surface area contributed by atoms with Gasteiger partial charge in [-0.15, -0.1) is 10.2 Å². The summed E-state index contributed by atoms with van der Waals surface area (Å²) in [6.07, 6.45) is 2.22. The van der Waals surface area contributed by atoms with E-state index in [1.807, 2.05) is 18.5 Å². The van der Waals surface area contributed by atoms with Gasteiger partial charge in [-0.1, -0.05) is 13.3 Å². The second-order valence-electron chi connectivity index (χ2n) is 3.39. The summed E-state index contributed by atoms with van der Waals surface area (Å²) in [6, 6.07) is 0. The fraction of sp³-hybridized carbons (Fsp3) is 0.778. The molecule has 0 aliphatic heterocycles. The highest BCUT2D eigenvalue weighted by Gasteiger charge is 2.15. The molecule has 0 fully saturated rings. The quantitative estimate of drug-likeness (QED) is 0.754. The lowest BCUT2D eigenvalue weighted by Gasteiger charge is -2.12. The third-order valence-electron chi connectivity index (χ3n) is 2.41. The van der Waals surface area contributed by atoms with E-state index in [2.05, 4.69) is 17.1 Å².